The zero-order valence-electron chi connectivity index (χ0n) is 9.88. The Bertz CT molecular complexity index is 479. The van der Waals surface area contributed by atoms with Gasteiger partial charge < -0.3 is 14.2 Å². The molecule has 0 unspecified atom stereocenters. The van der Waals surface area contributed by atoms with Gasteiger partial charge in [0, 0.05) is 5.56 Å². The van der Waals surface area contributed by atoms with E-state index in [1.807, 2.05) is 0 Å². The van der Waals surface area contributed by atoms with Crippen molar-refractivity contribution in [2.24, 2.45) is 0 Å². The molecular weight excluding hydrogens is 291 g/mol. The fourth-order valence-electron chi connectivity index (χ4n) is 1.23. The number of esters is 1. The molecule has 0 fully saturated rings. The third kappa shape index (κ3) is 3.88. The van der Waals surface area contributed by atoms with Crippen LogP contribution in [0.15, 0.2) is 6.07 Å². The molecule has 1 aromatic rings. The van der Waals surface area contributed by atoms with Crippen molar-refractivity contribution in [2.75, 3.05) is 14.2 Å². The molecule has 0 N–H and O–H groups in total. The molecule has 1 rings (SSSR count). The van der Waals surface area contributed by atoms with Crippen LogP contribution in [0.2, 0.25) is 0 Å². The first-order valence-corrected chi connectivity index (χ1v) is 5.33. The number of hydrogen-bond donors (Lipinski definition) is 0. The smallest absolute Gasteiger partial charge is 0.480 e. The Kier molecular flexibility index (Phi) is 4.82. The predicted octanol–water partition coefficient (Wildman–Crippen LogP) is 2.51. The van der Waals surface area contributed by atoms with E-state index in [0.717, 1.165) is 20.3 Å². The first-order valence-electron chi connectivity index (χ1n) is 4.80. The molecule has 1 aromatic heterocycles. The van der Waals surface area contributed by atoms with E-state index in [9.17, 15) is 18.0 Å². The lowest BCUT2D eigenvalue weighted by Gasteiger charge is -2.14. The molecule has 0 aromatic carbocycles. The van der Waals surface area contributed by atoms with Gasteiger partial charge in [0.15, 0.2) is 0 Å². The number of halogens is 4. The summed E-state index contributed by atoms with van der Waals surface area (Å²) in [5, 5.41) is 0. The highest BCUT2D eigenvalue weighted by molar-refractivity contribution is 6.17. The van der Waals surface area contributed by atoms with Gasteiger partial charge in [0.05, 0.1) is 20.1 Å². The van der Waals surface area contributed by atoms with Crippen LogP contribution in [0, 0.1) is 0 Å². The van der Waals surface area contributed by atoms with Crippen LogP contribution in [0.25, 0.3) is 0 Å². The predicted molar refractivity (Wildman–Crippen MR) is 58.4 cm³/mol. The standard InChI is InChI=1S/C10H9ClF3NO4/c1-17-8-6(9(16)18-2)3-5(4-11)7(15-8)19-10(12,13)14/h3H,4H2,1-2H3. The minimum atomic E-state index is -4.92. The largest absolute Gasteiger partial charge is 0.574 e. The van der Waals surface area contributed by atoms with Crippen molar-refractivity contribution in [3.8, 4) is 11.8 Å². The number of pyridine rings is 1. The van der Waals surface area contributed by atoms with E-state index >= 15 is 0 Å². The van der Waals surface area contributed by atoms with Crippen LogP contribution in [-0.2, 0) is 10.6 Å². The topological polar surface area (TPSA) is 57.7 Å². The summed E-state index contributed by atoms with van der Waals surface area (Å²) >= 11 is 5.50. The molecule has 0 aliphatic heterocycles. The van der Waals surface area contributed by atoms with Crippen LogP contribution < -0.4 is 9.47 Å². The van der Waals surface area contributed by atoms with Gasteiger partial charge in [0.2, 0.25) is 11.8 Å². The fraction of sp³-hybridized carbons (Fsp3) is 0.400. The van der Waals surface area contributed by atoms with Crippen molar-refractivity contribution in [1.82, 2.24) is 4.98 Å². The van der Waals surface area contributed by atoms with E-state index < -0.39 is 18.2 Å². The molecule has 0 aliphatic rings. The first-order chi connectivity index (χ1) is 8.82. The van der Waals surface area contributed by atoms with E-state index in [-0.39, 0.29) is 22.9 Å². The number of alkyl halides is 4. The Hall–Kier alpha value is -1.70. The molecule has 0 saturated carbocycles. The molecule has 0 bridgehead atoms. The zero-order chi connectivity index (χ0) is 14.6. The third-order valence-electron chi connectivity index (χ3n) is 1.98. The van der Waals surface area contributed by atoms with E-state index in [4.69, 9.17) is 16.3 Å². The molecule has 1 heterocycles. The molecule has 9 heteroatoms. The Labute approximate surface area is 111 Å². The summed E-state index contributed by atoms with van der Waals surface area (Å²) in [7, 11) is 2.26. The monoisotopic (exact) mass is 299 g/mol. The molecule has 0 atom stereocenters. The van der Waals surface area contributed by atoms with Crippen molar-refractivity contribution >= 4 is 17.6 Å². The van der Waals surface area contributed by atoms with Gasteiger partial charge in [0.25, 0.3) is 0 Å². The number of ether oxygens (including phenoxy) is 3. The third-order valence-corrected chi connectivity index (χ3v) is 2.27. The van der Waals surface area contributed by atoms with Gasteiger partial charge in [-0.25, -0.2) is 4.79 Å². The zero-order valence-corrected chi connectivity index (χ0v) is 10.6. The highest BCUT2D eigenvalue weighted by atomic mass is 35.5. The lowest BCUT2D eigenvalue weighted by molar-refractivity contribution is -0.276. The van der Waals surface area contributed by atoms with Crippen LogP contribution in [0.5, 0.6) is 11.8 Å². The van der Waals surface area contributed by atoms with Crippen LogP contribution in [0.3, 0.4) is 0 Å². The summed E-state index contributed by atoms with van der Waals surface area (Å²) in [6.07, 6.45) is -4.92. The molecular formula is C10H9ClF3NO4. The normalized spacial score (nSPS) is 11.1. The maximum absolute atomic E-state index is 12.2. The van der Waals surface area contributed by atoms with Gasteiger partial charge in [-0.1, -0.05) is 0 Å². The highest BCUT2D eigenvalue weighted by Gasteiger charge is 2.34. The second-order valence-electron chi connectivity index (χ2n) is 3.18. The minimum Gasteiger partial charge on any atom is -0.480 e. The summed E-state index contributed by atoms with van der Waals surface area (Å²) in [6.45, 7) is 0. The number of methoxy groups -OCH3 is 2. The van der Waals surface area contributed by atoms with Gasteiger partial charge in [-0.3, -0.25) is 0 Å². The first kappa shape index (κ1) is 15.4. The SMILES string of the molecule is COC(=O)c1cc(CCl)c(OC(F)(F)F)nc1OC. The van der Waals surface area contributed by atoms with E-state index in [2.05, 4.69) is 14.5 Å². The summed E-state index contributed by atoms with van der Waals surface area (Å²) < 4.78 is 49.4. The average molecular weight is 300 g/mol. The Morgan fingerprint density at radius 1 is 1.37 bits per heavy atom. The van der Waals surface area contributed by atoms with E-state index in [1.54, 1.807) is 0 Å². The summed E-state index contributed by atoms with van der Waals surface area (Å²) in [6, 6.07) is 1.08. The van der Waals surface area contributed by atoms with E-state index in [0.29, 0.717) is 0 Å². The van der Waals surface area contributed by atoms with Gasteiger partial charge in [-0.2, -0.15) is 4.98 Å². The highest BCUT2D eigenvalue weighted by Crippen LogP contribution is 2.30. The maximum Gasteiger partial charge on any atom is 0.574 e. The van der Waals surface area contributed by atoms with Crippen molar-refractivity contribution in [2.45, 2.75) is 12.2 Å². The van der Waals surface area contributed by atoms with Gasteiger partial charge in [0.1, 0.15) is 5.56 Å². The summed E-state index contributed by atoms with van der Waals surface area (Å²) in [5.74, 6) is -2.26. The second kappa shape index (κ2) is 5.96. The Balaban J connectivity index is 3.31. The number of rotatable bonds is 4. The lowest BCUT2D eigenvalue weighted by atomic mass is 10.2. The number of nitrogens with zero attached hydrogens (tertiary/aromatic N) is 1. The van der Waals surface area contributed by atoms with Crippen LogP contribution in [-0.4, -0.2) is 31.5 Å². The number of carbonyl (C=O) groups excluding carboxylic acids is 1. The molecule has 19 heavy (non-hydrogen) atoms. The molecule has 106 valence electrons. The van der Waals surface area contributed by atoms with Gasteiger partial charge in [-0.15, -0.1) is 24.8 Å². The number of aromatic nitrogens is 1. The van der Waals surface area contributed by atoms with Crippen molar-refractivity contribution in [3.63, 3.8) is 0 Å². The minimum absolute atomic E-state index is 0.111. The maximum atomic E-state index is 12.2. The Morgan fingerprint density at radius 3 is 2.42 bits per heavy atom. The van der Waals surface area contributed by atoms with Crippen molar-refractivity contribution < 1.29 is 32.2 Å². The summed E-state index contributed by atoms with van der Waals surface area (Å²) in [4.78, 5) is 14.9. The number of hydrogen-bond acceptors (Lipinski definition) is 5. The number of carbonyl (C=O) groups is 1. The summed E-state index contributed by atoms with van der Waals surface area (Å²) in [5.41, 5.74) is -0.254. The van der Waals surface area contributed by atoms with Crippen molar-refractivity contribution in [1.29, 1.82) is 0 Å². The second-order valence-corrected chi connectivity index (χ2v) is 3.45. The molecule has 0 amide bonds. The Morgan fingerprint density at radius 2 is 2.00 bits per heavy atom. The molecule has 0 radical (unpaired) electrons. The molecule has 0 saturated heterocycles. The van der Waals surface area contributed by atoms with Crippen LogP contribution in [0.1, 0.15) is 15.9 Å². The lowest BCUT2D eigenvalue weighted by Crippen LogP contribution is -2.19. The molecule has 5 nitrogen and oxygen atoms in total. The van der Waals surface area contributed by atoms with Crippen LogP contribution >= 0.6 is 11.6 Å². The van der Waals surface area contributed by atoms with Crippen LogP contribution in [0.4, 0.5) is 13.2 Å². The quantitative estimate of drug-likeness (QED) is 0.631. The van der Waals surface area contributed by atoms with Crippen molar-refractivity contribution in [3.05, 3.63) is 17.2 Å². The molecule has 0 spiro atoms. The average Bonchev–Trinajstić information content (AvgIpc) is 2.35. The molecule has 0 aliphatic carbocycles. The van der Waals surface area contributed by atoms with Gasteiger partial charge >= 0.3 is 12.3 Å². The van der Waals surface area contributed by atoms with Gasteiger partial charge in [-0.05, 0) is 6.07 Å². The van der Waals surface area contributed by atoms with E-state index in [1.165, 1.54) is 0 Å². The fourth-order valence-corrected chi connectivity index (χ4v) is 1.42.